The van der Waals surface area contributed by atoms with E-state index >= 15 is 0 Å². The van der Waals surface area contributed by atoms with E-state index in [9.17, 15) is 0 Å². The first-order valence-corrected chi connectivity index (χ1v) is 3.80. The molecule has 1 aromatic heterocycles. The number of rotatable bonds is 3. The third-order valence-corrected chi connectivity index (χ3v) is 1.58. The topological polar surface area (TPSA) is 22.1 Å². The lowest BCUT2D eigenvalue weighted by Crippen LogP contribution is -1.93. The van der Waals surface area contributed by atoms with Gasteiger partial charge in [0.05, 0.1) is 7.11 Å². The number of nitrogens with zero attached hydrogens (tertiary/aromatic N) is 1. The highest BCUT2D eigenvalue weighted by Crippen LogP contribution is 2.14. The van der Waals surface area contributed by atoms with Crippen LogP contribution in [0.5, 0.6) is 5.88 Å². The lowest BCUT2D eigenvalue weighted by molar-refractivity contribution is 0.392. The Morgan fingerprint density at radius 1 is 1.67 bits per heavy atom. The van der Waals surface area contributed by atoms with Crippen molar-refractivity contribution in [1.82, 2.24) is 4.98 Å². The van der Waals surface area contributed by atoms with Crippen LogP contribution < -0.4 is 4.74 Å². The van der Waals surface area contributed by atoms with E-state index in [-0.39, 0.29) is 0 Å². The molecule has 0 saturated heterocycles. The number of ether oxygens (including phenoxy) is 1. The van der Waals surface area contributed by atoms with Gasteiger partial charge in [-0.05, 0) is 12.5 Å². The molecular formula is C10H11NO. The Balaban J connectivity index is 2.76. The SMILES string of the molecule is C#CCCc1cccnc1OC. The van der Waals surface area contributed by atoms with Gasteiger partial charge < -0.3 is 4.74 Å². The minimum absolute atomic E-state index is 0.674. The average Bonchev–Trinajstić information content (AvgIpc) is 2.15. The molecule has 0 atom stereocenters. The van der Waals surface area contributed by atoms with Crippen molar-refractivity contribution in [3.8, 4) is 18.2 Å². The monoisotopic (exact) mass is 161 g/mol. The van der Waals surface area contributed by atoms with Crippen molar-refractivity contribution < 1.29 is 4.74 Å². The van der Waals surface area contributed by atoms with E-state index in [1.165, 1.54) is 0 Å². The number of hydrogen-bond donors (Lipinski definition) is 0. The van der Waals surface area contributed by atoms with Gasteiger partial charge in [-0.3, -0.25) is 0 Å². The van der Waals surface area contributed by atoms with Crippen LogP contribution in [0.15, 0.2) is 18.3 Å². The zero-order valence-corrected chi connectivity index (χ0v) is 7.08. The number of aryl methyl sites for hydroxylation is 1. The van der Waals surface area contributed by atoms with E-state index < -0.39 is 0 Å². The van der Waals surface area contributed by atoms with E-state index in [2.05, 4.69) is 10.9 Å². The highest BCUT2D eigenvalue weighted by Gasteiger charge is 2.00. The summed E-state index contributed by atoms with van der Waals surface area (Å²) >= 11 is 0. The molecule has 0 bridgehead atoms. The van der Waals surface area contributed by atoms with Crippen molar-refractivity contribution in [2.45, 2.75) is 12.8 Å². The summed E-state index contributed by atoms with van der Waals surface area (Å²) in [4.78, 5) is 4.06. The largest absolute Gasteiger partial charge is 0.481 e. The van der Waals surface area contributed by atoms with Gasteiger partial charge in [0.15, 0.2) is 0 Å². The van der Waals surface area contributed by atoms with E-state index in [1.807, 2.05) is 12.1 Å². The normalized spacial score (nSPS) is 9.00. The lowest BCUT2D eigenvalue weighted by atomic mass is 10.1. The molecular weight excluding hydrogens is 150 g/mol. The summed E-state index contributed by atoms with van der Waals surface area (Å²) in [6, 6.07) is 3.86. The summed E-state index contributed by atoms with van der Waals surface area (Å²) in [5.41, 5.74) is 1.07. The van der Waals surface area contributed by atoms with E-state index in [0.717, 1.165) is 18.4 Å². The Labute approximate surface area is 72.6 Å². The van der Waals surface area contributed by atoms with Crippen LogP contribution in [0.1, 0.15) is 12.0 Å². The molecule has 1 aromatic rings. The molecule has 0 N–H and O–H groups in total. The molecule has 0 aromatic carbocycles. The Kier molecular flexibility index (Phi) is 3.16. The molecule has 2 heteroatoms. The molecule has 0 fully saturated rings. The van der Waals surface area contributed by atoms with Crippen LogP contribution >= 0.6 is 0 Å². The average molecular weight is 161 g/mol. The minimum Gasteiger partial charge on any atom is -0.481 e. The number of hydrogen-bond acceptors (Lipinski definition) is 2. The van der Waals surface area contributed by atoms with Crippen molar-refractivity contribution in [2.75, 3.05) is 7.11 Å². The molecule has 0 aliphatic carbocycles. The van der Waals surface area contributed by atoms with Gasteiger partial charge in [-0.2, -0.15) is 0 Å². The molecule has 0 radical (unpaired) electrons. The van der Waals surface area contributed by atoms with E-state index in [0.29, 0.717) is 5.88 Å². The molecule has 0 aliphatic rings. The Morgan fingerprint density at radius 2 is 2.50 bits per heavy atom. The molecule has 0 amide bonds. The van der Waals surface area contributed by atoms with Gasteiger partial charge in [0.1, 0.15) is 0 Å². The van der Waals surface area contributed by atoms with Crippen LogP contribution in [-0.2, 0) is 6.42 Å². The van der Waals surface area contributed by atoms with Crippen molar-refractivity contribution in [2.24, 2.45) is 0 Å². The first-order valence-electron chi connectivity index (χ1n) is 3.80. The molecule has 12 heavy (non-hydrogen) atoms. The zero-order valence-electron chi connectivity index (χ0n) is 7.08. The maximum absolute atomic E-state index is 5.16. The smallest absolute Gasteiger partial charge is 0.216 e. The van der Waals surface area contributed by atoms with Crippen molar-refractivity contribution in [3.05, 3.63) is 23.9 Å². The lowest BCUT2D eigenvalue weighted by Gasteiger charge is -2.03. The first-order chi connectivity index (χ1) is 5.88. The summed E-state index contributed by atoms with van der Waals surface area (Å²) in [6.45, 7) is 0. The van der Waals surface area contributed by atoms with Gasteiger partial charge in [0, 0.05) is 18.2 Å². The summed E-state index contributed by atoms with van der Waals surface area (Å²) in [5, 5.41) is 0. The third kappa shape index (κ3) is 2.00. The fraction of sp³-hybridized carbons (Fsp3) is 0.300. The highest BCUT2D eigenvalue weighted by molar-refractivity contribution is 5.25. The third-order valence-electron chi connectivity index (χ3n) is 1.58. The summed E-state index contributed by atoms with van der Waals surface area (Å²) in [6.07, 6.45) is 8.41. The number of methoxy groups -OCH3 is 1. The predicted molar refractivity (Wildman–Crippen MR) is 47.9 cm³/mol. The van der Waals surface area contributed by atoms with Crippen LogP contribution in [0.3, 0.4) is 0 Å². The molecule has 62 valence electrons. The Bertz CT molecular complexity index is 288. The minimum atomic E-state index is 0.674. The van der Waals surface area contributed by atoms with Gasteiger partial charge in [-0.15, -0.1) is 12.3 Å². The number of aromatic nitrogens is 1. The Hall–Kier alpha value is -1.49. The molecule has 1 heterocycles. The molecule has 0 saturated carbocycles. The van der Waals surface area contributed by atoms with Crippen LogP contribution in [0.25, 0.3) is 0 Å². The van der Waals surface area contributed by atoms with E-state index in [1.54, 1.807) is 13.3 Å². The summed E-state index contributed by atoms with van der Waals surface area (Å²) < 4.78 is 5.06. The molecule has 1 rings (SSSR count). The van der Waals surface area contributed by atoms with Crippen LogP contribution in [0.2, 0.25) is 0 Å². The van der Waals surface area contributed by atoms with Gasteiger partial charge >= 0.3 is 0 Å². The second-order valence-electron chi connectivity index (χ2n) is 2.38. The maximum atomic E-state index is 5.16. The van der Waals surface area contributed by atoms with Crippen molar-refractivity contribution in [1.29, 1.82) is 0 Å². The van der Waals surface area contributed by atoms with Gasteiger partial charge in [-0.25, -0.2) is 4.98 Å². The maximum Gasteiger partial charge on any atom is 0.216 e. The number of terminal acetylenes is 1. The quantitative estimate of drug-likeness (QED) is 0.629. The fourth-order valence-corrected chi connectivity index (χ4v) is 1.01. The van der Waals surface area contributed by atoms with E-state index in [4.69, 9.17) is 11.2 Å². The van der Waals surface area contributed by atoms with Crippen LogP contribution in [0.4, 0.5) is 0 Å². The predicted octanol–water partition coefficient (Wildman–Crippen LogP) is 1.66. The molecule has 0 aliphatic heterocycles. The second-order valence-corrected chi connectivity index (χ2v) is 2.38. The van der Waals surface area contributed by atoms with Crippen molar-refractivity contribution in [3.63, 3.8) is 0 Å². The second kappa shape index (κ2) is 4.40. The van der Waals surface area contributed by atoms with Gasteiger partial charge in [0.2, 0.25) is 5.88 Å². The van der Waals surface area contributed by atoms with Gasteiger partial charge in [-0.1, -0.05) is 6.07 Å². The Morgan fingerprint density at radius 3 is 3.17 bits per heavy atom. The van der Waals surface area contributed by atoms with Crippen molar-refractivity contribution >= 4 is 0 Å². The fourth-order valence-electron chi connectivity index (χ4n) is 1.01. The zero-order chi connectivity index (χ0) is 8.81. The van der Waals surface area contributed by atoms with Crippen LogP contribution in [-0.4, -0.2) is 12.1 Å². The summed E-state index contributed by atoms with van der Waals surface area (Å²) in [5.74, 6) is 3.26. The standard InChI is InChI=1S/C10H11NO/c1-3-4-6-9-7-5-8-11-10(9)12-2/h1,5,7-8H,4,6H2,2H3. The summed E-state index contributed by atoms with van der Waals surface area (Å²) in [7, 11) is 1.61. The molecule has 0 spiro atoms. The van der Waals surface area contributed by atoms with Gasteiger partial charge in [0.25, 0.3) is 0 Å². The highest BCUT2D eigenvalue weighted by atomic mass is 16.5. The number of pyridine rings is 1. The first kappa shape index (κ1) is 8.61. The molecule has 2 nitrogen and oxygen atoms in total. The molecule has 0 unspecified atom stereocenters. The van der Waals surface area contributed by atoms with Crippen LogP contribution in [0, 0.1) is 12.3 Å².